The second-order valence-electron chi connectivity index (χ2n) is 9.95. The highest BCUT2D eigenvalue weighted by atomic mass is 16.2. The standard InChI is InChI=1S/C25H31N9O/c1-17-11-22(25(35)32-15-20(16-32)30(2)3)28-29-24(17)31-10-6-21-18(14-31)12-19(13-26-21)33-8-4-9-34-23(33)5-7-27-34/h5,7,11-13,20H,4,6,8-10,14-16H2,1-3H3. The molecule has 10 heteroatoms. The molecule has 0 atom stereocenters. The van der Waals surface area contributed by atoms with E-state index >= 15 is 0 Å². The third-order valence-corrected chi connectivity index (χ3v) is 7.42. The summed E-state index contributed by atoms with van der Waals surface area (Å²) in [4.78, 5) is 26.2. The van der Waals surface area contributed by atoms with Gasteiger partial charge in [-0.1, -0.05) is 0 Å². The highest BCUT2D eigenvalue weighted by Gasteiger charge is 2.33. The Kier molecular flexibility index (Phi) is 5.40. The zero-order chi connectivity index (χ0) is 24.1. The maximum atomic E-state index is 12.8. The van der Waals surface area contributed by atoms with Crippen molar-refractivity contribution >= 4 is 23.2 Å². The lowest BCUT2D eigenvalue weighted by molar-refractivity contribution is 0.0392. The summed E-state index contributed by atoms with van der Waals surface area (Å²) in [6.07, 6.45) is 5.76. The predicted molar refractivity (Wildman–Crippen MR) is 133 cm³/mol. The second-order valence-corrected chi connectivity index (χ2v) is 9.95. The topological polar surface area (TPSA) is 86.5 Å². The fourth-order valence-electron chi connectivity index (χ4n) is 5.23. The van der Waals surface area contributed by atoms with Crippen molar-refractivity contribution in [3.63, 3.8) is 0 Å². The molecule has 35 heavy (non-hydrogen) atoms. The van der Waals surface area contributed by atoms with E-state index in [-0.39, 0.29) is 5.91 Å². The van der Waals surface area contributed by atoms with Gasteiger partial charge in [-0.3, -0.25) is 9.78 Å². The Hall–Kier alpha value is -3.53. The molecule has 10 nitrogen and oxygen atoms in total. The molecule has 0 radical (unpaired) electrons. The first kappa shape index (κ1) is 22.0. The molecule has 0 spiro atoms. The van der Waals surface area contributed by atoms with Crippen LogP contribution in [-0.2, 0) is 19.5 Å². The van der Waals surface area contributed by atoms with Crippen LogP contribution in [0.25, 0.3) is 0 Å². The lowest BCUT2D eigenvalue weighted by Gasteiger charge is -2.42. The fraction of sp³-hybridized carbons (Fsp3) is 0.480. The van der Waals surface area contributed by atoms with Gasteiger partial charge in [-0.05, 0) is 50.7 Å². The van der Waals surface area contributed by atoms with Crippen molar-refractivity contribution in [1.82, 2.24) is 34.8 Å². The minimum Gasteiger partial charge on any atom is -0.350 e. The van der Waals surface area contributed by atoms with E-state index in [4.69, 9.17) is 4.98 Å². The third kappa shape index (κ3) is 3.91. The van der Waals surface area contributed by atoms with Gasteiger partial charge < -0.3 is 19.6 Å². The van der Waals surface area contributed by atoms with Crippen molar-refractivity contribution in [3.8, 4) is 0 Å². The highest BCUT2D eigenvalue weighted by molar-refractivity contribution is 5.93. The van der Waals surface area contributed by atoms with Crippen LogP contribution in [0.1, 0.15) is 33.7 Å². The molecule has 1 amide bonds. The number of fused-ring (bicyclic) bond motifs is 2. The molecule has 6 rings (SSSR count). The van der Waals surface area contributed by atoms with Gasteiger partial charge in [-0.2, -0.15) is 5.10 Å². The quantitative estimate of drug-likeness (QED) is 0.568. The molecule has 0 bridgehead atoms. The minimum atomic E-state index is -0.0381. The zero-order valence-electron chi connectivity index (χ0n) is 20.6. The van der Waals surface area contributed by atoms with Crippen molar-refractivity contribution in [1.29, 1.82) is 0 Å². The molecule has 3 aromatic heterocycles. The summed E-state index contributed by atoms with van der Waals surface area (Å²) in [5, 5.41) is 13.3. The van der Waals surface area contributed by atoms with Crippen molar-refractivity contribution < 1.29 is 4.79 Å². The largest absolute Gasteiger partial charge is 0.350 e. The molecule has 182 valence electrons. The number of likely N-dealkylation sites (N-methyl/N-ethyl adjacent to an activating group) is 1. The van der Waals surface area contributed by atoms with E-state index in [1.165, 1.54) is 5.56 Å². The van der Waals surface area contributed by atoms with Crippen LogP contribution in [-0.4, -0.2) is 87.0 Å². The van der Waals surface area contributed by atoms with Crippen molar-refractivity contribution in [3.05, 3.63) is 53.1 Å². The third-order valence-electron chi connectivity index (χ3n) is 7.42. The molecule has 1 fully saturated rings. The molecular formula is C25H31N9O. The van der Waals surface area contributed by atoms with Gasteiger partial charge in [0.15, 0.2) is 11.5 Å². The number of carbonyl (C=O) groups is 1. The van der Waals surface area contributed by atoms with Gasteiger partial charge in [0.05, 0.1) is 18.1 Å². The number of hydrogen-bond donors (Lipinski definition) is 0. The molecule has 3 aliphatic heterocycles. The van der Waals surface area contributed by atoms with Crippen LogP contribution in [0.5, 0.6) is 0 Å². The molecule has 0 unspecified atom stereocenters. The number of nitrogens with zero attached hydrogens (tertiary/aromatic N) is 9. The maximum Gasteiger partial charge on any atom is 0.274 e. The Balaban J connectivity index is 1.19. The number of carbonyl (C=O) groups excluding carboxylic acids is 1. The second kappa shape index (κ2) is 8.60. The Morgan fingerprint density at radius 2 is 1.97 bits per heavy atom. The number of aryl methyl sites for hydroxylation is 2. The number of aromatic nitrogens is 5. The van der Waals surface area contributed by atoms with Crippen molar-refractivity contribution in [2.75, 3.05) is 50.1 Å². The summed E-state index contributed by atoms with van der Waals surface area (Å²) in [6, 6.07) is 6.62. The monoisotopic (exact) mass is 473 g/mol. The average Bonchev–Trinajstić information content (AvgIpc) is 3.31. The number of likely N-dealkylation sites (tertiary alicyclic amines) is 1. The van der Waals surface area contributed by atoms with E-state index in [9.17, 15) is 4.79 Å². The Bertz CT molecular complexity index is 1260. The minimum absolute atomic E-state index is 0.0381. The SMILES string of the molecule is Cc1cc(C(=O)N2CC(N(C)C)C2)nnc1N1CCc2ncc(N3CCCn4nccc43)cc2C1. The Labute approximate surface area is 205 Å². The summed E-state index contributed by atoms with van der Waals surface area (Å²) < 4.78 is 2.05. The van der Waals surface area contributed by atoms with E-state index in [0.717, 1.165) is 80.7 Å². The van der Waals surface area contributed by atoms with Crippen molar-refractivity contribution in [2.24, 2.45) is 0 Å². The van der Waals surface area contributed by atoms with Gasteiger partial charge >= 0.3 is 0 Å². The number of rotatable bonds is 4. The molecular weight excluding hydrogens is 442 g/mol. The zero-order valence-corrected chi connectivity index (χ0v) is 20.6. The van der Waals surface area contributed by atoms with E-state index in [1.54, 1.807) is 0 Å². The lowest BCUT2D eigenvalue weighted by Crippen LogP contribution is -2.59. The lowest BCUT2D eigenvalue weighted by atomic mass is 10.0. The summed E-state index contributed by atoms with van der Waals surface area (Å²) in [6.45, 7) is 6.96. The Morgan fingerprint density at radius 1 is 1.11 bits per heavy atom. The number of amides is 1. The van der Waals surface area contributed by atoms with E-state index < -0.39 is 0 Å². The van der Waals surface area contributed by atoms with Crippen LogP contribution >= 0.6 is 0 Å². The molecule has 0 saturated carbocycles. The number of pyridine rings is 1. The van der Waals surface area contributed by atoms with Gasteiger partial charge in [0.1, 0.15) is 5.82 Å². The molecule has 0 aromatic carbocycles. The maximum absolute atomic E-state index is 12.8. The molecule has 3 aliphatic rings. The molecule has 0 aliphatic carbocycles. The molecule has 6 heterocycles. The summed E-state index contributed by atoms with van der Waals surface area (Å²) in [5.74, 6) is 1.92. The average molecular weight is 474 g/mol. The van der Waals surface area contributed by atoms with E-state index in [0.29, 0.717) is 11.7 Å². The van der Waals surface area contributed by atoms with Gasteiger partial charge in [-0.25, -0.2) is 4.68 Å². The molecule has 0 N–H and O–H groups in total. The fourth-order valence-corrected chi connectivity index (χ4v) is 5.23. The van der Waals surface area contributed by atoms with Gasteiger partial charge in [0.2, 0.25) is 0 Å². The number of hydrogen-bond acceptors (Lipinski definition) is 8. The van der Waals surface area contributed by atoms with Crippen LogP contribution in [0.4, 0.5) is 17.3 Å². The van der Waals surface area contributed by atoms with Crippen LogP contribution in [0, 0.1) is 6.92 Å². The number of anilines is 3. The van der Waals surface area contributed by atoms with Gasteiger partial charge in [0, 0.05) is 63.5 Å². The first-order valence-corrected chi connectivity index (χ1v) is 12.3. The van der Waals surface area contributed by atoms with Gasteiger partial charge in [0.25, 0.3) is 5.91 Å². The summed E-state index contributed by atoms with van der Waals surface area (Å²) >= 11 is 0. The van der Waals surface area contributed by atoms with Gasteiger partial charge in [-0.15, -0.1) is 10.2 Å². The highest BCUT2D eigenvalue weighted by Crippen LogP contribution is 2.32. The van der Waals surface area contributed by atoms with Crippen LogP contribution in [0.2, 0.25) is 0 Å². The van der Waals surface area contributed by atoms with Crippen LogP contribution in [0.15, 0.2) is 30.6 Å². The van der Waals surface area contributed by atoms with Crippen LogP contribution < -0.4 is 9.80 Å². The normalized spacial score (nSPS) is 17.9. The summed E-state index contributed by atoms with van der Waals surface area (Å²) in [7, 11) is 4.09. The van der Waals surface area contributed by atoms with E-state index in [1.807, 2.05) is 44.4 Å². The molecule has 3 aromatic rings. The van der Waals surface area contributed by atoms with E-state index in [2.05, 4.69) is 46.8 Å². The van der Waals surface area contributed by atoms with Crippen molar-refractivity contribution in [2.45, 2.75) is 38.9 Å². The summed E-state index contributed by atoms with van der Waals surface area (Å²) in [5.41, 5.74) is 4.84. The first-order valence-electron chi connectivity index (χ1n) is 12.3. The predicted octanol–water partition coefficient (Wildman–Crippen LogP) is 1.87. The first-order chi connectivity index (χ1) is 17.0. The smallest absolute Gasteiger partial charge is 0.274 e. The molecule has 1 saturated heterocycles. The Morgan fingerprint density at radius 3 is 2.77 bits per heavy atom. The van der Waals surface area contributed by atoms with Crippen LogP contribution in [0.3, 0.4) is 0 Å².